The Morgan fingerprint density at radius 3 is 2.26 bits per heavy atom. The van der Waals surface area contributed by atoms with Crippen molar-refractivity contribution in [2.45, 2.75) is 32.1 Å². The van der Waals surface area contributed by atoms with Gasteiger partial charge < -0.3 is 9.47 Å². The predicted octanol–water partition coefficient (Wildman–Crippen LogP) is 0.984. The van der Waals surface area contributed by atoms with Gasteiger partial charge in [-0.05, 0) is 20.8 Å². The number of carbonyl (C=O) groups excluding carboxylic acids is 2. The largest absolute Gasteiger partial charge is 0.463 e. The molecule has 0 spiro atoms. The molecule has 0 heterocycles. The lowest BCUT2D eigenvalue weighted by atomic mass is 10.2. The van der Waals surface area contributed by atoms with Crippen LogP contribution >= 0.6 is 0 Å². The van der Waals surface area contributed by atoms with Gasteiger partial charge in [-0.1, -0.05) is 13.2 Å². The third-order valence-corrected chi connectivity index (χ3v) is 4.02. The Morgan fingerprint density at radius 2 is 1.84 bits per heavy atom. The van der Waals surface area contributed by atoms with Gasteiger partial charge in [0.05, 0.1) is 12.2 Å². The van der Waals surface area contributed by atoms with Crippen molar-refractivity contribution in [2.24, 2.45) is 0 Å². The fourth-order valence-electron chi connectivity index (χ4n) is 1.01. The molecule has 7 heteroatoms. The molecule has 0 aliphatic heterocycles. The summed E-state index contributed by atoms with van der Waals surface area (Å²) < 4.78 is 32.3. The number of rotatable bonds is 7. The van der Waals surface area contributed by atoms with Crippen molar-refractivity contribution in [1.29, 1.82) is 0 Å². The molecule has 0 N–H and O–H groups in total. The first kappa shape index (κ1) is 17.4. The van der Waals surface area contributed by atoms with Gasteiger partial charge in [-0.3, -0.25) is 4.79 Å². The van der Waals surface area contributed by atoms with Crippen LogP contribution in [0.15, 0.2) is 24.1 Å². The van der Waals surface area contributed by atoms with Gasteiger partial charge in [-0.25, -0.2) is 13.2 Å². The summed E-state index contributed by atoms with van der Waals surface area (Å²) >= 11 is 0. The highest BCUT2D eigenvalue weighted by Gasteiger charge is 2.29. The summed E-state index contributed by atoms with van der Waals surface area (Å²) in [5.74, 6) is -1.67. The van der Waals surface area contributed by atoms with E-state index in [1.165, 1.54) is 13.8 Å². The Hall–Kier alpha value is -1.63. The molecule has 0 aromatic rings. The standard InChI is InChI=1S/C12H18O6S/c1-6-17-11(13)8(3)9(4)18-12(14)10(5)19(15,16)7-2/h7,9-10H,2-3,6H2,1,4-5H3. The molecule has 0 rings (SSSR count). The average Bonchev–Trinajstić information content (AvgIpc) is 2.36. The van der Waals surface area contributed by atoms with E-state index in [1.807, 2.05) is 0 Å². The van der Waals surface area contributed by atoms with Crippen LogP contribution in [0.3, 0.4) is 0 Å². The SMILES string of the molecule is C=CS(=O)(=O)C(C)C(=O)OC(C)C(=C)C(=O)OCC. The summed E-state index contributed by atoms with van der Waals surface area (Å²) in [7, 11) is -3.76. The Balaban J connectivity index is 4.70. The molecule has 0 fully saturated rings. The Morgan fingerprint density at radius 1 is 1.32 bits per heavy atom. The van der Waals surface area contributed by atoms with Crippen LogP contribution < -0.4 is 0 Å². The van der Waals surface area contributed by atoms with Crippen LogP contribution in [0, 0.1) is 0 Å². The Kier molecular flexibility index (Phi) is 6.47. The molecular formula is C12H18O6S. The van der Waals surface area contributed by atoms with Crippen molar-refractivity contribution in [1.82, 2.24) is 0 Å². The lowest BCUT2D eigenvalue weighted by Gasteiger charge is -2.17. The van der Waals surface area contributed by atoms with Gasteiger partial charge in [0.25, 0.3) is 0 Å². The monoisotopic (exact) mass is 290 g/mol. The molecular weight excluding hydrogens is 272 g/mol. The zero-order valence-electron chi connectivity index (χ0n) is 11.2. The summed E-state index contributed by atoms with van der Waals surface area (Å²) in [4.78, 5) is 22.9. The number of ether oxygens (including phenoxy) is 2. The summed E-state index contributed by atoms with van der Waals surface area (Å²) in [6.45, 7) is 10.9. The van der Waals surface area contributed by atoms with E-state index in [-0.39, 0.29) is 12.2 Å². The smallest absolute Gasteiger partial charge is 0.337 e. The second-order valence-electron chi connectivity index (χ2n) is 3.72. The van der Waals surface area contributed by atoms with E-state index in [4.69, 9.17) is 9.47 Å². The number of sulfone groups is 1. The van der Waals surface area contributed by atoms with E-state index in [1.54, 1.807) is 6.92 Å². The first-order valence-corrected chi connectivity index (χ1v) is 7.21. The zero-order chi connectivity index (χ0) is 15.2. The maximum atomic E-state index is 11.6. The Labute approximate surface area is 113 Å². The molecule has 0 bridgehead atoms. The topological polar surface area (TPSA) is 86.7 Å². The molecule has 0 amide bonds. The molecule has 6 nitrogen and oxygen atoms in total. The van der Waals surface area contributed by atoms with Crippen molar-refractivity contribution < 1.29 is 27.5 Å². The van der Waals surface area contributed by atoms with Crippen molar-refractivity contribution in [3.63, 3.8) is 0 Å². The number of hydrogen-bond donors (Lipinski definition) is 0. The Bertz CT molecular complexity index is 476. The summed E-state index contributed by atoms with van der Waals surface area (Å²) in [6, 6.07) is 0. The summed E-state index contributed by atoms with van der Waals surface area (Å²) in [6.07, 6.45) is -0.964. The molecule has 0 aliphatic rings. The van der Waals surface area contributed by atoms with Gasteiger partial charge in [0.15, 0.2) is 15.1 Å². The van der Waals surface area contributed by atoms with Crippen LogP contribution in [-0.2, 0) is 28.9 Å². The molecule has 2 unspecified atom stereocenters. The lowest BCUT2D eigenvalue weighted by molar-refractivity contribution is -0.148. The van der Waals surface area contributed by atoms with E-state index in [0.29, 0.717) is 5.41 Å². The van der Waals surface area contributed by atoms with Crippen molar-refractivity contribution in [3.05, 3.63) is 24.1 Å². The van der Waals surface area contributed by atoms with Crippen molar-refractivity contribution >= 4 is 21.8 Å². The molecule has 0 radical (unpaired) electrons. The van der Waals surface area contributed by atoms with Gasteiger partial charge >= 0.3 is 11.9 Å². The number of carbonyl (C=O) groups is 2. The zero-order valence-corrected chi connectivity index (χ0v) is 12.0. The van der Waals surface area contributed by atoms with Gasteiger partial charge in [0.1, 0.15) is 6.10 Å². The minimum atomic E-state index is -3.76. The van der Waals surface area contributed by atoms with Crippen LogP contribution in [0.4, 0.5) is 0 Å². The highest BCUT2D eigenvalue weighted by atomic mass is 32.2. The third kappa shape index (κ3) is 4.86. The summed E-state index contributed by atoms with van der Waals surface area (Å²) in [5, 5.41) is -0.702. The lowest BCUT2D eigenvalue weighted by Crippen LogP contribution is -2.32. The van der Waals surface area contributed by atoms with Gasteiger partial charge in [0, 0.05) is 5.41 Å². The number of esters is 2. The fourth-order valence-corrected chi connectivity index (χ4v) is 1.62. The van der Waals surface area contributed by atoms with Crippen LogP contribution in [0.1, 0.15) is 20.8 Å². The van der Waals surface area contributed by atoms with Crippen molar-refractivity contribution in [2.75, 3.05) is 6.61 Å². The number of hydrogen-bond acceptors (Lipinski definition) is 6. The van der Waals surface area contributed by atoms with Crippen LogP contribution in [-0.4, -0.2) is 38.3 Å². The minimum absolute atomic E-state index is 0.0570. The molecule has 0 saturated carbocycles. The molecule has 108 valence electrons. The predicted molar refractivity (Wildman–Crippen MR) is 69.9 cm³/mol. The highest BCUT2D eigenvalue weighted by molar-refractivity contribution is 7.95. The highest BCUT2D eigenvalue weighted by Crippen LogP contribution is 2.11. The van der Waals surface area contributed by atoms with Crippen molar-refractivity contribution in [3.8, 4) is 0 Å². The molecule has 0 saturated heterocycles. The van der Waals surface area contributed by atoms with Crippen LogP contribution in [0.5, 0.6) is 0 Å². The summed E-state index contributed by atoms with van der Waals surface area (Å²) in [5.41, 5.74) is -0.0570. The van der Waals surface area contributed by atoms with E-state index in [0.717, 1.165) is 0 Å². The van der Waals surface area contributed by atoms with E-state index >= 15 is 0 Å². The van der Waals surface area contributed by atoms with Gasteiger partial charge in [-0.2, -0.15) is 0 Å². The van der Waals surface area contributed by atoms with Crippen LogP contribution in [0.2, 0.25) is 0 Å². The third-order valence-electron chi connectivity index (χ3n) is 2.38. The van der Waals surface area contributed by atoms with E-state index in [2.05, 4.69) is 13.2 Å². The van der Waals surface area contributed by atoms with Gasteiger partial charge in [-0.15, -0.1) is 0 Å². The molecule has 0 aliphatic carbocycles. The molecule has 0 aromatic carbocycles. The van der Waals surface area contributed by atoms with Gasteiger partial charge in [0.2, 0.25) is 0 Å². The second-order valence-corrected chi connectivity index (χ2v) is 5.94. The van der Waals surface area contributed by atoms with E-state index < -0.39 is 33.1 Å². The quantitative estimate of drug-likeness (QED) is 0.513. The van der Waals surface area contributed by atoms with Crippen LogP contribution in [0.25, 0.3) is 0 Å². The second kappa shape index (κ2) is 7.08. The normalized spacial score (nSPS) is 14.1. The first-order valence-electron chi connectivity index (χ1n) is 5.60. The maximum absolute atomic E-state index is 11.6. The first-order chi connectivity index (χ1) is 8.67. The maximum Gasteiger partial charge on any atom is 0.337 e. The molecule has 19 heavy (non-hydrogen) atoms. The average molecular weight is 290 g/mol. The molecule has 2 atom stereocenters. The molecule has 0 aromatic heterocycles. The van der Waals surface area contributed by atoms with E-state index in [9.17, 15) is 18.0 Å². The fraction of sp³-hybridized carbons (Fsp3) is 0.500. The minimum Gasteiger partial charge on any atom is -0.463 e.